The predicted octanol–water partition coefficient (Wildman–Crippen LogP) is 3.33. The normalized spacial score (nSPS) is 15.2. The van der Waals surface area contributed by atoms with Crippen molar-refractivity contribution in [1.82, 2.24) is 25.0 Å². The second kappa shape index (κ2) is 18.8. The molecule has 4 rings (SSSR count). The zero-order valence-electron chi connectivity index (χ0n) is 32.3. The Hall–Kier alpha value is -5.57. The third-order valence-electron chi connectivity index (χ3n) is 9.70. The summed E-state index contributed by atoms with van der Waals surface area (Å²) in [5, 5.41) is 22.4. The lowest BCUT2D eigenvalue weighted by Gasteiger charge is -2.33. The molecule has 1 aliphatic heterocycles. The first-order valence-electron chi connectivity index (χ1n) is 17.9. The van der Waals surface area contributed by atoms with Crippen LogP contribution in [0.3, 0.4) is 0 Å². The van der Waals surface area contributed by atoms with E-state index in [1.165, 1.54) is 28.4 Å². The number of nitriles is 1. The summed E-state index contributed by atoms with van der Waals surface area (Å²) in [5.41, 5.74) is 1.64. The molecule has 2 aromatic rings. The fraction of sp³-hybridized carbons (Fsp3) is 0.462. The summed E-state index contributed by atoms with van der Waals surface area (Å²) >= 11 is 1.19. The highest BCUT2D eigenvalue weighted by Gasteiger charge is 2.39. The number of ether oxygens (including phenoxy) is 2. The van der Waals surface area contributed by atoms with Gasteiger partial charge in [0, 0.05) is 85.9 Å². The second-order valence-corrected chi connectivity index (χ2v) is 15.1. The minimum Gasteiger partial charge on any atom is -0.465 e. The summed E-state index contributed by atoms with van der Waals surface area (Å²) in [6.07, 6.45) is 0.246. The minimum absolute atomic E-state index is 0.0189. The Balaban J connectivity index is 1.34. The van der Waals surface area contributed by atoms with Crippen LogP contribution in [0.1, 0.15) is 64.1 Å². The molecule has 2 N–H and O–H groups in total. The van der Waals surface area contributed by atoms with Gasteiger partial charge in [0.2, 0.25) is 11.8 Å². The summed E-state index contributed by atoms with van der Waals surface area (Å²) in [6.45, 7) is 8.45. The van der Waals surface area contributed by atoms with Crippen LogP contribution in [0.15, 0.2) is 52.6 Å². The number of nitrogens with zero attached hydrogens (tertiary/aromatic N) is 5. The van der Waals surface area contributed by atoms with E-state index >= 15 is 0 Å². The minimum atomic E-state index is -1.24. The van der Waals surface area contributed by atoms with Crippen molar-refractivity contribution >= 4 is 62.8 Å². The number of carboxylic acid groups (broad SMARTS) is 1. The van der Waals surface area contributed by atoms with Crippen LogP contribution < -0.4 is 5.32 Å². The number of hydrogen-bond acceptors (Lipinski definition) is 12. The van der Waals surface area contributed by atoms with Gasteiger partial charge in [0.15, 0.2) is 16.6 Å². The molecule has 17 heteroatoms. The van der Waals surface area contributed by atoms with E-state index in [9.17, 15) is 43.9 Å². The molecule has 0 saturated heterocycles. The number of benzene rings is 1. The van der Waals surface area contributed by atoms with Crippen molar-refractivity contribution in [2.45, 2.75) is 53.6 Å². The average molecular weight is 791 g/mol. The van der Waals surface area contributed by atoms with Crippen LogP contribution in [-0.4, -0.2) is 126 Å². The SMILES string of the molecule is CC1=C(C)C(=O)C(C(C)(C)CC(=O)N(C)CCN(CC(OCCOCCC(=O)NCCN2C(=O)C=CC2=O)c2ccc3nc(C#N)sc3c2)C(=O)O)=C(C)C1=O. The van der Waals surface area contributed by atoms with Gasteiger partial charge in [-0.1, -0.05) is 19.9 Å². The van der Waals surface area contributed by atoms with E-state index in [2.05, 4.69) is 10.3 Å². The Bertz CT molecular complexity index is 2040. The molecule has 298 valence electrons. The van der Waals surface area contributed by atoms with E-state index in [1.807, 2.05) is 6.07 Å². The van der Waals surface area contributed by atoms with Gasteiger partial charge in [0.05, 0.1) is 36.6 Å². The van der Waals surface area contributed by atoms with E-state index in [0.717, 1.165) is 9.80 Å². The molecule has 2 heterocycles. The van der Waals surface area contributed by atoms with Crippen molar-refractivity contribution in [2.24, 2.45) is 5.41 Å². The molecule has 1 aromatic carbocycles. The lowest BCUT2D eigenvalue weighted by Crippen LogP contribution is -2.42. The van der Waals surface area contributed by atoms with Crippen LogP contribution in [0.2, 0.25) is 0 Å². The second-order valence-electron chi connectivity index (χ2n) is 14.1. The Kier molecular flexibility index (Phi) is 14.5. The van der Waals surface area contributed by atoms with Crippen LogP contribution in [0.5, 0.6) is 0 Å². The van der Waals surface area contributed by atoms with Gasteiger partial charge < -0.3 is 29.7 Å². The van der Waals surface area contributed by atoms with E-state index in [-0.39, 0.29) is 93.8 Å². The Morgan fingerprint density at radius 1 is 1.00 bits per heavy atom. The van der Waals surface area contributed by atoms with Crippen molar-refractivity contribution in [3.63, 3.8) is 0 Å². The van der Waals surface area contributed by atoms with Crippen molar-refractivity contribution in [3.05, 3.63) is 63.2 Å². The molecule has 0 saturated carbocycles. The van der Waals surface area contributed by atoms with Crippen LogP contribution in [0.4, 0.5) is 4.79 Å². The quantitative estimate of drug-likeness (QED) is 0.119. The molecule has 56 heavy (non-hydrogen) atoms. The van der Waals surface area contributed by atoms with E-state index in [0.29, 0.717) is 38.1 Å². The average Bonchev–Trinajstić information content (AvgIpc) is 3.72. The maximum atomic E-state index is 13.4. The highest BCUT2D eigenvalue weighted by atomic mass is 32.1. The van der Waals surface area contributed by atoms with Gasteiger partial charge in [-0.3, -0.25) is 33.7 Å². The number of allylic oxidation sites excluding steroid dienone is 4. The van der Waals surface area contributed by atoms with Gasteiger partial charge >= 0.3 is 6.09 Å². The summed E-state index contributed by atoms with van der Waals surface area (Å²) in [4.78, 5) is 95.2. The van der Waals surface area contributed by atoms with Crippen molar-refractivity contribution in [2.75, 3.05) is 59.6 Å². The maximum absolute atomic E-state index is 13.4. The smallest absolute Gasteiger partial charge is 0.407 e. The molecule has 0 radical (unpaired) electrons. The number of nitrogens with one attached hydrogen (secondary N) is 1. The number of thiazole rings is 1. The van der Waals surface area contributed by atoms with Gasteiger partial charge in [0.25, 0.3) is 11.8 Å². The molecule has 0 spiro atoms. The van der Waals surface area contributed by atoms with Crippen molar-refractivity contribution in [3.8, 4) is 6.07 Å². The first-order chi connectivity index (χ1) is 26.4. The summed E-state index contributed by atoms with van der Waals surface area (Å²) in [5.74, 6) is -2.01. The zero-order valence-corrected chi connectivity index (χ0v) is 33.1. The first-order valence-corrected chi connectivity index (χ1v) is 18.8. The molecule has 1 aliphatic carbocycles. The Morgan fingerprint density at radius 3 is 2.34 bits per heavy atom. The molecule has 1 unspecified atom stereocenters. The number of carbonyl (C=O) groups is 7. The third kappa shape index (κ3) is 10.6. The van der Waals surface area contributed by atoms with Gasteiger partial charge in [0.1, 0.15) is 12.2 Å². The topological polar surface area (TPSA) is 217 Å². The van der Waals surface area contributed by atoms with Crippen molar-refractivity contribution < 1.29 is 48.1 Å². The number of rotatable bonds is 19. The number of Topliss-reactive ketones (excluding diaryl/α,β-unsaturated/α-hetero) is 2. The van der Waals surface area contributed by atoms with Crippen LogP contribution >= 0.6 is 11.3 Å². The van der Waals surface area contributed by atoms with E-state index < -0.39 is 29.4 Å². The lowest BCUT2D eigenvalue weighted by molar-refractivity contribution is -0.137. The summed E-state index contributed by atoms with van der Waals surface area (Å²) < 4.78 is 12.4. The number of hydrogen-bond donors (Lipinski definition) is 2. The Morgan fingerprint density at radius 2 is 1.68 bits per heavy atom. The maximum Gasteiger partial charge on any atom is 0.407 e. The standard InChI is InChI=1S/C39H46N6O10S/c1-23-24(2)37(51)35(25(3)36(23)50)39(4,5)20-34(49)43(6)14-15-44(38(52)53)22-28(26-7-8-27-29(19-26)56-31(21-40)42-27)55-18-17-54-16-11-30(46)41-12-13-45-32(47)9-10-33(45)48/h7-10,19,28H,11-18,20,22H2,1-6H3,(H,41,46)(H,52,53). The zero-order chi connectivity index (χ0) is 41.3. The number of fused-ring (bicyclic) bond motifs is 1. The molecule has 1 aromatic heterocycles. The summed E-state index contributed by atoms with van der Waals surface area (Å²) in [6, 6.07) is 7.27. The van der Waals surface area contributed by atoms with Gasteiger partial charge in [-0.05, 0) is 38.5 Å². The largest absolute Gasteiger partial charge is 0.465 e. The third-order valence-corrected chi connectivity index (χ3v) is 10.6. The van der Waals surface area contributed by atoms with Crippen LogP contribution in [0.25, 0.3) is 10.2 Å². The van der Waals surface area contributed by atoms with E-state index in [4.69, 9.17) is 9.47 Å². The van der Waals surface area contributed by atoms with Crippen molar-refractivity contribution in [1.29, 1.82) is 5.26 Å². The number of aromatic nitrogens is 1. The molecular formula is C39H46N6O10S. The van der Waals surface area contributed by atoms with Gasteiger partial charge in [-0.25, -0.2) is 9.78 Å². The molecular weight excluding hydrogens is 745 g/mol. The van der Waals surface area contributed by atoms with Gasteiger partial charge in [-0.15, -0.1) is 11.3 Å². The molecule has 2 aliphatic rings. The molecule has 0 bridgehead atoms. The number of amides is 5. The number of carbonyl (C=O) groups excluding carboxylic acids is 6. The van der Waals surface area contributed by atoms with Crippen LogP contribution in [-0.2, 0) is 38.2 Å². The van der Waals surface area contributed by atoms with Crippen LogP contribution in [0, 0.1) is 16.7 Å². The fourth-order valence-corrected chi connectivity index (χ4v) is 7.19. The number of ketones is 2. The molecule has 5 amide bonds. The Labute approximate surface area is 328 Å². The van der Waals surface area contributed by atoms with E-state index in [1.54, 1.807) is 59.9 Å². The molecule has 16 nitrogen and oxygen atoms in total. The number of imide groups is 1. The van der Waals surface area contributed by atoms with Gasteiger partial charge in [-0.2, -0.15) is 5.26 Å². The monoisotopic (exact) mass is 790 g/mol. The fourth-order valence-electron chi connectivity index (χ4n) is 6.38. The molecule has 1 atom stereocenters. The lowest BCUT2D eigenvalue weighted by atomic mass is 9.71. The predicted molar refractivity (Wildman–Crippen MR) is 204 cm³/mol. The molecule has 0 fully saturated rings. The summed E-state index contributed by atoms with van der Waals surface area (Å²) in [7, 11) is 1.55. The first kappa shape index (κ1) is 43.2. The highest BCUT2D eigenvalue weighted by molar-refractivity contribution is 7.19. The highest BCUT2D eigenvalue weighted by Crippen LogP contribution is 2.39. The number of likely N-dealkylation sites (N-methyl/N-ethyl adjacent to an activating group) is 1.